The van der Waals surface area contributed by atoms with E-state index in [1.165, 1.54) is 23.9 Å². The van der Waals surface area contributed by atoms with Gasteiger partial charge in [0.05, 0.1) is 20.0 Å². The van der Waals surface area contributed by atoms with Crippen LogP contribution in [0.4, 0.5) is 11.4 Å². The first-order chi connectivity index (χ1) is 11.0. The SMILES string of the molecule is O=[N+]([O-])c1ccc(C2=CSC(=Nc3c(Cl)cccc3Cl)C2)cc1. The third-order valence-electron chi connectivity index (χ3n) is 3.30. The molecule has 0 spiro atoms. The van der Waals surface area contributed by atoms with Crippen molar-refractivity contribution in [3.05, 3.63) is 73.6 Å². The summed E-state index contributed by atoms with van der Waals surface area (Å²) in [5.41, 5.74) is 2.65. The van der Waals surface area contributed by atoms with E-state index in [2.05, 4.69) is 4.99 Å². The molecule has 0 aromatic heterocycles. The standard InChI is InChI=1S/C16H10Cl2N2O2S/c17-13-2-1-3-14(18)16(13)19-15-8-11(9-23-15)10-4-6-12(7-5-10)20(21)22/h1-7,9H,8H2. The van der Waals surface area contributed by atoms with Crippen molar-refractivity contribution in [2.75, 3.05) is 0 Å². The molecular formula is C16H10Cl2N2O2S. The zero-order valence-corrected chi connectivity index (χ0v) is 14.0. The molecule has 0 amide bonds. The van der Waals surface area contributed by atoms with Crippen LogP contribution in [0, 0.1) is 10.1 Å². The van der Waals surface area contributed by atoms with Gasteiger partial charge in [-0.05, 0) is 40.8 Å². The van der Waals surface area contributed by atoms with E-state index >= 15 is 0 Å². The number of halogens is 2. The number of benzene rings is 2. The second kappa shape index (κ2) is 6.74. The van der Waals surface area contributed by atoms with Crippen LogP contribution in [-0.4, -0.2) is 9.97 Å². The predicted octanol–water partition coefficient (Wildman–Crippen LogP) is 6.11. The van der Waals surface area contributed by atoms with E-state index in [4.69, 9.17) is 23.2 Å². The molecule has 2 aromatic rings. The summed E-state index contributed by atoms with van der Waals surface area (Å²) < 4.78 is 0. The van der Waals surface area contributed by atoms with Gasteiger partial charge in [0.15, 0.2) is 0 Å². The van der Waals surface area contributed by atoms with E-state index in [-0.39, 0.29) is 5.69 Å². The Hall–Kier alpha value is -1.82. The van der Waals surface area contributed by atoms with Crippen LogP contribution < -0.4 is 0 Å². The Morgan fingerprint density at radius 2 is 1.74 bits per heavy atom. The molecular weight excluding hydrogens is 355 g/mol. The third kappa shape index (κ3) is 3.58. The zero-order chi connectivity index (χ0) is 16.4. The molecule has 4 nitrogen and oxygen atoms in total. The number of thioether (sulfide) groups is 1. The van der Waals surface area contributed by atoms with Crippen molar-refractivity contribution in [3.63, 3.8) is 0 Å². The van der Waals surface area contributed by atoms with Crippen LogP contribution >= 0.6 is 35.0 Å². The van der Waals surface area contributed by atoms with Gasteiger partial charge in [-0.15, -0.1) is 0 Å². The summed E-state index contributed by atoms with van der Waals surface area (Å²) in [5, 5.41) is 14.6. The third-order valence-corrected chi connectivity index (χ3v) is 4.82. The van der Waals surface area contributed by atoms with Crippen LogP contribution in [0.2, 0.25) is 10.0 Å². The number of rotatable bonds is 3. The van der Waals surface area contributed by atoms with Crippen LogP contribution in [0.3, 0.4) is 0 Å². The summed E-state index contributed by atoms with van der Waals surface area (Å²) in [6.07, 6.45) is 0.643. The summed E-state index contributed by atoms with van der Waals surface area (Å²) in [6.45, 7) is 0. The highest BCUT2D eigenvalue weighted by molar-refractivity contribution is 8.17. The Balaban J connectivity index is 1.80. The van der Waals surface area contributed by atoms with Crippen molar-refractivity contribution in [1.82, 2.24) is 0 Å². The van der Waals surface area contributed by atoms with Crippen LogP contribution in [0.15, 0.2) is 52.9 Å². The second-order valence-electron chi connectivity index (χ2n) is 4.82. The van der Waals surface area contributed by atoms with Gasteiger partial charge in [-0.25, -0.2) is 4.99 Å². The Morgan fingerprint density at radius 3 is 2.35 bits per heavy atom. The number of nitro groups is 1. The quantitative estimate of drug-likeness (QED) is 0.487. The van der Waals surface area contributed by atoms with Crippen molar-refractivity contribution < 1.29 is 4.92 Å². The summed E-state index contributed by atoms with van der Waals surface area (Å²) in [6, 6.07) is 11.8. The number of hydrogen-bond acceptors (Lipinski definition) is 4. The normalized spacial score (nSPS) is 15.7. The second-order valence-corrected chi connectivity index (χ2v) is 6.57. The first-order valence-corrected chi connectivity index (χ1v) is 8.30. The lowest BCUT2D eigenvalue weighted by atomic mass is 10.1. The number of para-hydroxylation sites is 1. The van der Waals surface area contributed by atoms with E-state index in [0.29, 0.717) is 22.2 Å². The monoisotopic (exact) mass is 364 g/mol. The van der Waals surface area contributed by atoms with Gasteiger partial charge in [0.2, 0.25) is 0 Å². The first kappa shape index (κ1) is 16.1. The van der Waals surface area contributed by atoms with Crippen LogP contribution in [0.1, 0.15) is 12.0 Å². The highest BCUT2D eigenvalue weighted by Gasteiger charge is 2.16. The van der Waals surface area contributed by atoms with Crippen LogP contribution in [0.25, 0.3) is 5.57 Å². The summed E-state index contributed by atoms with van der Waals surface area (Å²) in [5.74, 6) is 0. The van der Waals surface area contributed by atoms with Gasteiger partial charge in [0.1, 0.15) is 5.69 Å². The van der Waals surface area contributed by atoms with Gasteiger partial charge in [-0.2, -0.15) is 0 Å². The molecule has 0 bridgehead atoms. The lowest BCUT2D eigenvalue weighted by molar-refractivity contribution is -0.384. The fraction of sp³-hybridized carbons (Fsp3) is 0.0625. The zero-order valence-electron chi connectivity index (χ0n) is 11.7. The maximum absolute atomic E-state index is 10.7. The van der Waals surface area contributed by atoms with E-state index in [1.807, 2.05) is 5.41 Å². The van der Waals surface area contributed by atoms with E-state index in [0.717, 1.165) is 16.2 Å². The molecule has 0 saturated heterocycles. The molecule has 1 aliphatic heterocycles. The average Bonchev–Trinajstić information content (AvgIpc) is 3.00. The molecule has 0 saturated carbocycles. The topological polar surface area (TPSA) is 55.5 Å². The van der Waals surface area contributed by atoms with Gasteiger partial charge in [0.25, 0.3) is 5.69 Å². The first-order valence-electron chi connectivity index (χ1n) is 6.66. The molecule has 0 radical (unpaired) electrons. The van der Waals surface area contributed by atoms with Gasteiger partial charge in [-0.3, -0.25) is 10.1 Å². The molecule has 0 fully saturated rings. The highest BCUT2D eigenvalue weighted by Crippen LogP contribution is 2.38. The van der Waals surface area contributed by atoms with Crippen LogP contribution in [-0.2, 0) is 0 Å². The Labute approximate surface area is 147 Å². The van der Waals surface area contributed by atoms with E-state index < -0.39 is 4.92 Å². The van der Waals surface area contributed by atoms with Crippen molar-refractivity contribution in [2.45, 2.75) is 6.42 Å². The molecule has 0 unspecified atom stereocenters. The maximum Gasteiger partial charge on any atom is 0.269 e. The number of allylic oxidation sites excluding steroid dienone is 1. The lowest BCUT2D eigenvalue weighted by Gasteiger charge is -2.04. The summed E-state index contributed by atoms with van der Waals surface area (Å²) in [4.78, 5) is 14.8. The molecule has 1 aliphatic rings. The Bertz CT molecular complexity index is 812. The Kier molecular flexibility index (Phi) is 4.71. The molecule has 116 valence electrons. The Morgan fingerprint density at radius 1 is 1.09 bits per heavy atom. The molecule has 0 aliphatic carbocycles. The molecule has 1 heterocycles. The average molecular weight is 365 g/mol. The minimum absolute atomic E-state index is 0.0803. The molecule has 3 rings (SSSR count). The van der Waals surface area contributed by atoms with Crippen molar-refractivity contribution in [2.24, 2.45) is 4.99 Å². The van der Waals surface area contributed by atoms with Crippen molar-refractivity contribution in [1.29, 1.82) is 0 Å². The number of aliphatic imine (C=N–C) groups is 1. The molecule has 0 N–H and O–H groups in total. The predicted molar refractivity (Wildman–Crippen MR) is 96.8 cm³/mol. The van der Waals surface area contributed by atoms with Crippen LogP contribution in [0.5, 0.6) is 0 Å². The minimum Gasteiger partial charge on any atom is -0.258 e. The largest absolute Gasteiger partial charge is 0.269 e. The minimum atomic E-state index is -0.409. The lowest BCUT2D eigenvalue weighted by Crippen LogP contribution is -1.90. The fourth-order valence-corrected chi connectivity index (χ4v) is 3.50. The maximum atomic E-state index is 10.7. The molecule has 0 atom stereocenters. The smallest absolute Gasteiger partial charge is 0.258 e. The number of non-ortho nitro benzene ring substituents is 1. The van der Waals surface area contributed by atoms with Crippen molar-refractivity contribution in [3.8, 4) is 0 Å². The molecule has 23 heavy (non-hydrogen) atoms. The van der Waals surface area contributed by atoms with Crippen molar-refractivity contribution >= 4 is 57.0 Å². The van der Waals surface area contributed by atoms with Gasteiger partial charge >= 0.3 is 0 Å². The molecule has 7 heteroatoms. The van der Waals surface area contributed by atoms with E-state index in [1.54, 1.807) is 30.3 Å². The summed E-state index contributed by atoms with van der Waals surface area (Å²) >= 11 is 13.8. The number of nitro benzene ring substituents is 1. The highest BCUT2D eigenvalue weighted by atomic mass is 35.5. The number of nitrogens with zero attached hydrogens (tertiary/aromatic N) is 2. The van der Waals surface area contributed by atoms with Gasteiger partial charge in [-0.1, -0.05) is 41.0 Å². The molecule has 2 aromatic carbocycles. The van der Waals surface area contributed by atoms with E-state index in [9.17, 15) is 10.1 Å². The summed E-state index contributed by atoms with van der Waals surface area (Å²) in [7, 11) is 0. The van der Waals surface area contributed by atoms with Gasteiger partial charge < -0.3 is 0 Å². The van der Waals surface area contributed by atoms with Gasteiger partial charge in [0, 0.05) is 18.6 Å². The number of hydrogen-bond donors (Lipinski definition) is 0. The fourth-order valence-electron chi connectivity index (χ4n) is 2.14.